The average molecular weight is 379 g/mol. The van der Waals surface area contributed by atoms with Crippen molar-refractivity contribution in [3.63, 3.8) is 0 Å². The van der Waals surface area contributed by atoms with E-state index >= 15 is 0 Å². The summed E-state index contributed by atoms with van der Waals surface area (Å²) >= 11 is 3.19. The Labute approximate surface area is 144 Å². The molecule has 0 saturated carbocycles. The predicted octanol–water partition coefficient (Wildman–Crippen LogP) is 4.36. The van der Waals surface area contributed by atoms with Crippen LogP contribution < -0.4 is 5.32 Å². The molecule has 0 atom stereocenters. The zero-order chi connectivity index (χ0) is 16.8. The molecule has 0 aromatic heterocycles. The van der Waals surface area contributed by atoms with Crippen LogP contribution in [0, 0.1) is 12.7 Å². The van der Waals surface area contributed by atoms with Crippen LogP contribution in [0.4, 0.5) is 10.1 Å². The number of halogens is 2. The normalized spacial score (nSPS) is 10.8. The molecule has 0 aliphatic heterocycles. The highest BCUT2D eigenvalue weighted by atomic mass is 79.9. The molecule has 0 heterocycles. The summed E-state index contributed by atoms with van der Waals surface area (Å²) < 4.78 is 14.3. The topological polar surface area (TPSA) is 32.3 Å². The molecule has 0 radical (unpaired) electrons. The van der Waals surface area contributed by atoms with Crippen LogP contribution in [0.15, 0.2) is 46.9 Å². The lowest BCUT2D eigenvalue weighted by Gasteiger charge is -2.16. The summed E-state index contributed by atoms with van der Waals surface area (Å²) in [6.45, 7) is 3.44. The molecule has 23 heavy (non-hydrogen) atoms. The number of hydrogen-bond donors (Lipinski definition) is 1. The lowest BCUT2D eigenvalue weighted by Crippen LogP contribution is -2.24. The largest absolute Gasteiger partial charge is 0.324 e. The molecular weight excluding hydrogens is 359 g/mol. The number of carbonyl (C=O) groups excluding carboxylic acids is 1. The minimum absolute atomic E-state index is 0.193. The number of nitrogens with one attached hydrogen (secondary N) is 1. The molecule has 0 aliphatic carbocycles. The van der Waals surface area contributed by atoms with E-state index in [0.717, 1.165) is 6.54 Å². The summed E-state index contributed by atoms with van der Waals surface area (Å²) in [5.74, 6) is -0.636. The van der Waals surface area contributed by atoms with E-state index in [9.17, 15) is 9.18 Å². The van der Waals surface area contributed by atoms with Gasteiger partial charge in [0.2, 0.25) is 5.91 Å². The first-order chi connectivity index (χ1) is 10.9. The molecule has 0 saturated heterocycles. The number of nitrogens with zero attached hydrogens (tertiary/aromatic N) is 1. The van der Waals surface area contributed by atoms with E-state index in [1.165, 1.54) is 17.2 Å². The molecule has 5 heteroatoms. The van der Waals surface area contributed by atoms with Crippen LogP contribution in [-0.2, 0) is 11.3 Å². The minimum atomic E-state index is -0.444. The van der Waals surface area contributed by atoms with Crippen molar-refractivity contribution in [1.29, 1.82) is 0 Å². The fourth-order valence-electron chi connectivity index (χ4n) is 2.18. The molecule has 0 aliphatic rings. The van der Waals surface area contributed by atoms with Crippen LogP contribution >= 0.6 is 15.9 Å². The van der Waals surface area contributed by atoms with Gasteiger partial charge in [-0.1, -0.05) is 45.8 Å². The number of anilines is 1. The Hall–Kier alpha value is -1.72. The molecule has 2 aromatic rings. The molecule has 1 N–H and O–H groups in total. The number of benzene rings is 2. The van der Waals surface area contributed by atoms with E-state index in [1.54, 1.807) is 12.1 Å². The van der Waals surface area contributed by atoms with E-state index < -0.39 is 5.82 Å². The Morgan fingerprint density at radius 3 is 2.57 bits per heavy atom. The average Bonchev–Trinajstić information content (AvgIpc) is 2.50. The maximum atomic E-state index is 13.7. The van der Waals surface area contributed by atoms with Crippen molar-refractivity contribution in [3.05, 3.63) is 63.9 Å². The summed E-state index contributed by atoms with van der Waals surface area (Å²) in [7, 11) is 1.97. The van der Waals surface area contributed by atoms with Crippen molar-refractivity contribution in [2.45, 2.75) is 19.9 Å². The Balaban J connectivity index is 1.80. The first-order valence-corrected chi connectivity index (χ1v) is 8.22. The van der Waals surface area contributed by atoms with Crippen molar-refractivity contribution in [1.82, 2.24) is 4.90 Å². The number of rotatable bonds is 6. The molecule has 0 spiro atoms. The van der Waals surface area contributed by atoms with Gasteiger partial charge in [0.25, 0.3) is 0 Å². The minimum Gasteiger partial charge on any atom is -0.324 e. The fraction of sp³-hybridized carbons (Fsp3) is 0.278. The van der Waals surface area contributed by atoms with E-state index in [1.807, 2.05) is 7.05 Å². The van der Waals surface area contributed by atoms with Crippen molar-refractivity contribution in [2.24, 2.45) is 0 Å². The summed E-state index contributed by atoms with van der Waals surface area (Å²) in [6, 6.07) is 12.9. The summed E-state index contributed by atoms with van der Waals surface area (Å²) in [6.07, 6.45) is 0.317. The maximum Gasteiger partial charge on any atom is 0.225 e. The molecule has 3 nitrogen and oxygen atoms in total. The van der Waals surface area contributed by atoms with E-state index in [0.29, 0.717) is 17.4 Å². The van der Waals surface area contributed by atoms with Crippen molar-refractivity contribution < 1.29 is 9.18 Å². The molecule has 0 bridgehead atoms. The number of amides is 1. The smallest absolute Gasteiger partial charge is 0.225 e. The quantitative estimate of drug-likeness (QED) is 0.809. The molecule has 1 amide bonds. The maximum absolute atomic E-state index is 13.7. The van der Waals surface area contributed by atoms with Crippen LogP contribution in [0.25, 0.3) is 0 Å². The van der Waals surface area contributed by atoms with Gasteiger partial charge in [0.05, 0.1) is 5.69 Å². The summed E-state index contributed by atoms with van der Waals surface area (Å²) in [4.78, 5) is 14.0. The lowest BCUT2D eigenvalue weighted by molar-refractivity contribution is -0.116. The third-order valence-electron chi connectivity index (χ3n) is 3.50. The van der Waals surface area contributed by atoms with Gasteiger partial charge in [-0.2, -0.15) is 0 Å². The SMILES string of the molecule is Cc1ccc(CN(C)CCC(=O)Nc2ccc(Br)cc2F)cc1. The van der Waals surface area contributed by atoms with Gasteiger partial charge in [-0.15, -0.1) is 0 Å². The Morgan fingerprint density at radius 1 is 1.22 bits per heavy atom. The van der Waals surface area contributed by atoms with E-state index in [2.05, 4.69) is 57.3 Å². The second-order valence-corrected chi connectivity index (χ2v) is 6.56. The Kier molecular flexibility index (Phi) is 6.30. The second-order valence-electron chi connectivity index (χ2n) is 5.65. The zero-order valence-corrected chi connectivity index (χ0v) is 14.9. The summed E-state index contributed by atoms with van der Waals surface area (Å²) in [5.41, 5.74) is 2.64. The van der Waals surface area contributed by atoms with Gasteiger partial charge in [-0.25, -0.2) is 4.39 Å². The van der Waals surface area contributed by atoms with Gasteiger partial charge in [0, 0.05) is 24.0 Å². The standard InChI is InChI=1S/C18H20BrFN2O/c1-13-3-5-14(6-4-13)12-22(2)10-9-18(23)21-17-8-7-15(19)11-16(17)20/h3-8,11H,9-10,12H2,1-2H3,(H,21,23). The molecular formula is C18H20BrFN2O. The molecule has 0 fully saturated rings. The van der Waals surface area contributed by atoms with Crippen LogP contribution in [0.5, 0.6) is 0 Å². The van der Waals surface area contributed by atoms with Crippen molar-refractivity contribution in [3.8, 4) is 0 Å². The predicted molar refractivity (Wildman–Crippen MR) is 94.9 cm³/mol. The van der Waals surface area contributed by atoms with E-state index in [4.69, 9.17) is 0 Å². The highest BCUT2D eigenvalue weighted by Gasteiger charge is 2.09. The van der Waals surface area contributed by atoms with Crippen LogP contribution in [0.3, 0.4) is 0 Å². The molecule has 2 rings (SSSR count). The zero-order valence-electron chi connectivity index (χ0n) is 13.3. The first kappa shape index (κ1) is 17.6. The van der Waals surface area contributed by atoms with Crippen molar-refractivity contribution >= 4 is 27.5 Å². The first-order valence-electron chi connectivity index (χ1n) is 7.43. The van der Waals surface area contributed by atoms with Gasteiger partial charge in [0.1, 0.15) is 5.82 Å². The monoisotopic (exact) mass is 378 g/mol. The van der Waals surface area contributed by atoms with Gasteiger partial charge in [-0.05, 0) is 37.7 Å². The highest BCUT2D eigenvalue weighted by Crippen LogP contribution is 2.19. The van der Waals surface area contributed by atoms with Gasteiger partial charge in [0.15, 0.2) is 0 Å². The van der Waals surface area contributed by atoms with Crippen LogP contribution in [-0.4, -0.2) is 24.4 Å². The third kappa shape index (κ3) is 5.77. The number of hydrogen-bond acceptors (Lipinski definition) is 2. The van der Waals surface area contributed by atoms with Gasteiger partial charge >= 0.3 is 0 Å². The Bertz CT molecular complexity index is 673. The van der Waals surface area contributed by atoms with Gasteiger partial charge < -0.3 is 10.2 Å². The van der Waals surface area contributed by atoms with Crippen LogP contribution in [0.2, 0.25) is 0 Å². The third-order valence-corrected chi connectivity index (χ3v) is 3.99. The van der Waals surface area contributed by atoms with Crippen molar-refractivity contribution in [2.75, 3.05) is 18.9 Å². The fourth-order valence-corrected chi connectivity index (χ4v) is 2.51. The molecule has 0 unspecified atom stereocenters. The highest BCUT2D eigenvalue weighted by molar-refractivity contribution is 9.10. The van der Waals surface area contributed by atoms with Gasteiger partial charge in [-0.3, -0.25) is 4.79 Å². The second kappa shape index (κ2) is 8.22. The number of carbonyl (C=O) groups is 1. The van der Waals surface area contributed by atoms with E-state index in [-0.39, 0.29) is 11.6 Å². The molecule has 122 valence electrons. The molecule has 2 aromatic carbocycles. The van der Waals surface area contributed by atoms with Crippen LogP contribution in [0.1, 0.15) is 17.5 Å². The lowest BCUT2D eigenvalue weighted by atomic mass is 10.1. The number of aryl methyl sites for hydroxylation is 1. The Morgan fingerprint density at radius 2 is 1.91 bits per heavy atom. The summed E-state index contributed by atoms with van der Waals surface area (Å²) in [5, 5.41) is 2.60.